The van der Waals surface area contributed by atoms with Crippen molar-refractivity contribution >= 4 is 21.5 Å². The summed E-state index contributed by atoms with van der Waals surface area (Å²) in [6, 6.07) is 25.1. The molecule has 0 bridgehead atoms. The van der Waals surface area contributed by atoms with Gasteiger partial charge in [0.1, 0.15) is 0 Å². The molecule has 0 spiro atoms. The summed E-state index contributed by atoms with van der Waals surface area (Å²) in [5, 5.41) is 0.698. The molecule has 4 aromatic carbocycles. The average Bonchev–Trinajstić information content (AvgIpc) is 2.85. The lowest BCUT2D eigenvalue weighted by atomic mass is 9.84. The highest BCUT2D eigenvalue weighted by atomic mass is 16.2. The molecular weight excluding hydrogens is 400 g/mol. The summed E-state index contributed by atoms with van der Waals surface area (Å²) in [5.74, 6) is 0. The van der Waals surface area contributed by atoms with Gasteiger partial charge >= 0.3 is 0 Å². The second-order valence-electron chi connectivity index (χ2n) is 7.94. The van der Waals surface area contributed by atoms with Crippen LogP contribution in [0, 0.1) is 0 Å². The lowest BCUT2D eigenvalue weighted by Gasteiger charge is -2.17. The molecule has 4 nitrogen and oxygen atoms in total. The fraction of sp³-hybridized carbons (Fsp3) is 0. The Labute approximate surface area is 181 Å². The van der Waals surface area contributed by atoms with Crippen molar-refractivity contribution < 1.29 is 0 Å². The summed E-state index contributed by atoms with van der Waals surface area (Å²) in [6.45, 7) is 0. The second kappa shape index (κ2) is 6.53. The SMILES string of the molecule is O=c1c(=O)c2cc(-c3ccccc3)cc3c2-c2c1cc(-c1ccccc1)cc2c(=O)c3=O. The summed E-state index contributed by atoms with van der Waals surface area (Å²) in [5.41, 5.74) is 0.964. The van der Waals surface area contributed by atoms with Gasteiger partial charge in [-0.2, -0.15) is 0 Å². The summed E-state index contributed by atoms with van der Waals surface area (Å²) in [4.78, 5) is 52.6. The van der Waals surface area contributed by atoms with E-state index in [1.54, 1.807) is 24.3 Å². The largest absolute Gasteiger partial charge is 0.285 e. The molecule has 0 saturated carbocycles. The van der Waals surface area contributed by atoms with E-state index in [0.29, 0.717) is 22.3 Å². The van der Waals surface area contributed by atoms with Gasteiger partial charge in [0.2, 0.25) is 21.7 Å². The van der Waals surface area contributed by atoms with Crippen LogP contribution in [-0.2, 0) is 0 Å². The molecule has 0 aliphatic heterocycles. The van der Waals surface area contributed by atoms with Gasteiger partial charge in [0.25, 0.3) is 0 Å². The Morgan fingerprint density at radius 1 is 0.344 bits per heavy atom. The van der Waals surface area contributed by atoms with Gasteiger partial charge in [-0.3, -0.25) is 19.2 Å². The van der Waals surface area contributed by atoms with Gasteiger partial charge in [-0.1, -0.05) is 60.7 Å². The van der Waals surface area contributed by atoms with Crippen LogP contribution in [0.3, 0.4) is 0 Å². The molecule has 0 unspecified atom stereocenters. The van der Waals surface area contributed by atoms with Crippen molar-refractivity contribution in [2.45, 2.75) is 0 Å². The molecular formula is C28H14O4. The highest BCUT2D eigenvalue weighted by molar-refractivity contribution is 6.13. The Morgan fingerprint density at radius 3 is 0.906 bits per heavy atom. The van der Waals surface area contributed by atoms with Gasteiger partial charge in [-0.05, 0) is 46.5 Å². The summed E-state index contributed by atoms with van der Waals surface area (Å²) >= 11 is 0. The maximum absolute atomic E-state index is 13.1. The second-order valence-corrected chi connectivity index (χ2v) is 7.94. The Balaban J connectivity index is 1.84. The lowest BCUT2D eigenvalue weighted by molar-refractivity contribution is 1.49. The number of benzene rings is 6. The molecule has 0 radical (unpaired) electrons. The first-order valence-electron chi connectivity index (χ1n) is 10.2. The normalized spacial score (nSPS) is 11.6. The van der Waals surface area contributed by atoms with E-state index in [1.807, 2.05) is 60.7 Å². The maximum Gasteiger partial charge on any atom is 0.234 e. The number of hydrogen-bond acceptors (Lipinski definition) is 4. The third-order valence-corrected chi connectivity index (χ3v) is 6.13. The van der Waals surface area contributed by atoms with E-state index >= 15 is 0 Å². The van der Waals surface area contributed by atoms with E-state index < -0.39 is 21.7 Å². The first-order chi connectivity index (χ1) is 15.5. The van der Waals surface area contributed by atoms with E-state index in [-0.39, 0.29) is 21.5 Å². The van der Waals surface area contributed by atoms with Crippen LogP contribution in [-0.4, -0.2) is 0 Å². The molecule has 0 aromatic heterocycles. The summed E-state index contributed by atoms with van der Waals surface area (Å²) < 4.78 is 0. The molecule has 32 heavy (non-hydrogen) atoms. The fourth-order valence-corrected chi connectivity index (χ4v) is 4.62. The highest BCUT2D eigenvalue weighted by Gasteiger charge is 2.26. The van der Waals surface area contributed by atoms with Crippen molar-refractivity contribution in [2.75, 3.05) is 0 Å². The zero-order valence-electron chi connectivity index (χ0n) is 16.7. The predicted octanol–water partition coefficient (Wildman–Crippen LogP) is 4.19. The minimum Gasteiger partial charge on any atom is -0.285 e. The van der Waals surface area contributed by atoms with E-state index in [1.165, 1.54) is 0 Å². The molecule has 0 fully saturated rings. The molecule has 0 N–H and O–H groups in total. The van der Waals surface area contributed by atoms with Gasteiger partial charge < -0.3 is 0 Å². The van der Waals surface area contributed by atoms with E-state index in [9.17, 15) is 19.2 Å². The van der Waals surface area contributed by atoms with Crippen LogP contribution in [0.25, 0.3) is 54.9 Å². The van der Waals surface area contributed by atoms with Crippen LogP contribution in [0.2, 0.25) is 0 Å². The Hall–Kier alpha value is -4.44. The van der Waals surface area contributed by atoms with Crippen LogP contribution in [0.5, 0.6) is 0 Å². The fourth-order valence-electron chi connectivity index (χ4n) is 4.62. The Morgan fingerprint density at radius 2 is 0.625 bits per heavy atom. The van der Waals surface area contributed by atoms with Gasteiger partial charge in [-0.25, -0.2) is 0 Å². The van der Waals surface area contributed by atoms with E-state index in [4.69, 9.17) is 0 Å². The Bertz CT molecular complexity index is 1600. The molecule has 4 heteroatoms. The molecule has 4 aromatic rings. The van der Waals surface area contributed by atoms with Crippen LogP contribution in [0.15, 0.2) is 104 Å². The molecule has 2 aliphatic carbocycles. The van der Waals surface area contributed by atoms with Gasteiger partial charge in [0.05, 0.1) is 0 Å². The highest BCUT2D eigenvalue weighted by Crippen LogP contribution is 2.38. The first-order valence-corrected chi connectivity index (χ1v) is 10.2. The van der Waals surface area contributed by atoms with Crippen LogP contribution in [0.1, 0.15) is 0 Å². The van der Waals surface area contributed by atoms with Crippen molar-refractivity contribution in [1.29, 1.82) is 0 Å². The topological polar surface area (TPSA) is 68.3 Å². The molecule has 0 saturated heterocycles. The zero-order valence-corrected chi connectivity index (χ0v) is 16.7. The molecule has 6 rings (SSSR count). The minimum absolute atomic E-state index is 0.174. The van der Waals surface area contributed by atoms with Gasteiger partial charge in [0.15, 0.2) is 0 Å². The maximum atomic E-state index is 13.1. The van der Waals surface area contributed by atoms with Gasteiger partial charge in [-0.15, -0.1) is 0 Å². The summed E-state index contributed by atoms with van der Waals surface area (Å²) in [6.07, 6.45) is 0. The quantitative estimate of drug-likeness (QED) is 0.315. The van der Waals surface area contributed by atoms with Crippen LogP contribution < -0.4 is 21.7 Å². The van der Waals surface area contributed by atoms with Crippen molar-refractivity contribution in [2.24, 2.45) is 0 Å². The monoisotopic (exact) mass is 414 g/mol. The number of hydrogen-bond donors (Lipinski definition) is 0. The van der Waals surface area contributed by atoms with Crippen LogP contribution in [0.4, 0.5) is 0 Å². The Kier molecular flexibility index (Phi) is 3.74. The molecule has 0 heterocycles. The molecule has 0 atom stereocenters. The van der Waals surface area contributed by atoms with Gasteiger partial charge in [0, 0.05) is 32.7 Å². The van der Waals surface area contributed by atoms with E-state index in [0.717, 1.165) is 11.1 Å². The third-order valence-electron chi connectivity index (χ3n) is 6.13. The predicted molar refractivity (Wildman–Crippen MR) is 128 cm³/mol. The summed E-state index contributed by atoms with van der Waals surface area (Å²) in [7, 11) is 0. The zero-order chi connectivity index (χ0) is 22.0. The van der Waals surface area contributed by atoms with Crippen molar-refractivity contribution in [3.63, 3.8) is 0 Å². The number of rotatable bonds is 2. The smallest absolute Gasteiger partial charge is 0.234 e. The molecule has 150 valence electrons. The standard InChI is InChI=1S/C28H14O4/c29-25-19-11-17(15-7-3-1-4-8-15)12-20-23(19)24-21(27(25)31)13-18(16-9-5-2-6-10-16)14-22(24)28(32)26(20)30/h1-14H. The van der Waals surface area contributed by atoms with Crippen molar-refractivity contribution in [1.82, 2.24) is 0 Å². The first kappa shape index (κ1) is 18.3. The van der Waals surface area contributed by atoms with Crippen molar-refractivity contribution in [3.8, 4) is 33.4 Å². The molecule has 0 amide bonds. The van der Waals surface area contributed by atoms with Crippen LogP contribution >= 0.6 is 0 Å². The van der Waals surface area contributed by atoms with E-state index in [2.05, 4.69) is 0 Å². The lowest BCUT2D eigenvalue weighted by Crippen LogP contribution is -2.31. The minimum atomic E-state index is -0.662. The molecule has 2 aliphatic rings. The van der Waals surface area contributed by atoms with Crippen molar-refractivity contribution in [3.05, 3.63) is 126 Å². The third kappa shape index (κ3) is 2.44. The average molecular weight is 414 g/mol.